The summed E-state index contributed by atoms with van der Waals surface area (Å²) in [5.74, 6) is 1.16. The molecule has 8 nitrogen and oxygen atoms in total. The van der Waals surface area contributed by atoms with Gasteiger partial charge < -0.3 is 30.1 Å². The molecule has 40 heavy (non-hydrogen) atoms. The van der Waals surface area contributed by atoms with Gasteiger partial charge in [0.15, 0.2) is 0 Å². The van der Waals surface area contributed by atoms with E-state index in [-0.39, 0.29) is 12.0 Å². The normalized spacial score (nSPS) is 21.4. The average Bonchev–Trinajstić information content (AvgIpc) is 2.98. The monoisotopic (exact) mass is 547 g/mol. The Hall–Kier alpha value is -3.20. The van der Waals surface area contributed by atoms with Crippen LogP contribution in [0.4, 0.5) is 11.4 Å². The molecule has 2 aliphatic rings. The summed E-state index contributed by atoms with van der Waals surface area (Å²) in [6, 6.07) is 17.3. The van der Waals surface area contributed by atoms with Crippen LogP contribution >= 0.6 is 0 Å². The SMILES string of the molecule is COCCCCC(O)(c1ccccc1Oc1ccccc1)C1CCCN(c2c(N3CCCC(N)C3)c(=O)c2=O)C1. The van der Waals surface area contributed by atoms with E-state index >= 15 is 0 Å². The van der Waals surface area contributed by atoms with E-state index in [1.54, 1.807) is 7.11 Å². The molecule has 0 spiro atoms. The third-order valence-corrected chi connectivity index (χ3v) is 8.53. The van der Waals surface area contributed by atoms with Gasteiger partial charge in [-0.15, -0.1) is 0 Å². The van der Waals surface area contributed by atoms with Crippen LogP contribution in [0.15, 0.2) is 64.2 Å². The maximum absolute atomic E-state index is 12.9. The number of para-hydroxylation sites is 2. The second-order valence-electron chi connectivity index (χ2n) is 11.3. The van der Waals surface area contributed by atoms with Crippen LogP contribution in [0.25, 0.3) is 0 Å². The Kier molecular flexibility index (Phi) is 8.88. The molecule has 3 aromatic carbocycles. The molecular weight excluding hydrogens is 506 g/mol. The first-order valence-corrected chi connectivity index (χ1v) is 14.5. The number of methoxy groups -OCH3 is 1. The standard InChI is InChI=1S/C32H41N3O5/c1-39-20-8-7-17-32(38,26-15-5-6-16-27(26)40-25-13-3-2-4-14-25)23-11-9-18-34(21-23)28-29(31(37)30(28)36)35-19-10-12-24(33)22-35/h2-6,13-16,23-24,38H,7-12,17-22,33H2,1H3. The summed E-state index contributed by atoms with van der Waals surface area (Å²) in [4.78, 5) is 29.7. The number of aliphatic hydroxyl groups is 1. The first-order chi connectivity index (χ1) is 19.4. The van der Waals surface area contributed by atoms with Gasteiger partial charge in [0.25, 0.3) is 10.9 Å². The highest BCUT2D eigenvalue weighted by Gasteiger charge is 2.44. The van der Waals surface area contributed by atoms with Crippen LogP contribution in [0.1, 0.15) is 50.5 Å². The molecular formula is C32H41N3O5. The molecule has 3 atom stereocenters. The number of hydrogen-bond donors (Lipinski definition) is 2. The van der Waals surface area contributed by atoms with E-state index in [0.29, 0.717) is 55.5 Å². The summed E-state index contributed by atoms with van der Waals surface area (Å²) in [6.07, 6.45) is 5.58. The van der Waals surface area contributed by atoms with Gasteiger partial charge in [-0.2, -0.15) is 0 Å². The molecule has 2 aliphatic heterocycles. The molecule has 0 radical (unpaired) electrons. The number of benzene rings is 2. The Morgan fingerprint density at radius 3 is 2.25 bits per heavy atom. The molecule has 0 aliphatic carbocycles. The molecule has 3 aromatic rings. The molecule has 2 saturated heterocycles. The van der Waals surface area contributed by atoms with Gasteiger partial charge in [-0.1, -0.05) is 36.4 Å². The lowest BCUT2D eigenvalue weighted by atomic mass is 9.73. The number of piperidine rings is 2. The zero-order valence-corrected chi connectivity index (χ0v) is 23.4. The van der Waals surface area contributed by atoms with Crippen molar-refractivity contribution in [1.82, 2.24) is 0 Å². The van der Waals surface area contributed by atoms with Gasteiger partial charge >= 0.3 is 0 Å². The third-order valence-electron chi connectivity index (χ3n) is 8.53. The van der Waals surface area contributed by atoms with Crippen LogP contribution in [-0.4, -0.2) is 51.0 Å². The van der Waals surface area contributed by atoms with E-state index in [9.17, 15) is 14.7 Å². The quantitative estimate of drug-likeness (QED) is 0.275. The minimum Gasteiger partial charge on any atom is -0.457 e. The zero-order chi connectivity index (χ0) is 28.1. The molecule has 5 rings (SSSR count). The largest absolute Gasteiger partial charge is 0.457 e. The fourth-order valence-electron chi connectivity index (χ4n) is 6.47. The second-order valence-corrected chi connectivity index (χ2v) is 11.3. The number of ether oxygens (including phenoxy) is 2. The van der Waals surface area contributed by atoms with Crippen molar-refractivity contribution in [1.29, 1.82) is 0 Å². The predicted octanol–water partition coefficient (Wildman–Crippen LogP) is 3.92. The zero-order valence-electron chi connectivity index (χ0n) is 23.4. The number of nitrogens with two attached hydrogens (primary N) is 1. The van der Waals surface area contributed by atoms with E-state index in [1.807, 2.05) is 64.4 Å². The van der Waals surface area contributed by atoms with Crippen molar-refractivity contribution in [3.05, 3.63) is 80.6 Å². The van der Waals surface area contributed by atoms with Crippen LogP contribution in [-0.2, 0) is 10.3 Å². The Balaban J connectivity index is 1.45. The van der Waals surface area contributed by atoms with Gasteiger partial charge in [-0.05, 0) is 63.1 Å². The highest BCUT2D eigenvalue weighted by atomic mass is 16.5. The number of unbranched alkanes of at least 4 members (excludes halogenated alkanes) is 1. The molecule has 0 bridgehead atoms. The van der Waals surface area contributed by atoms with Crippen molar-refractivity contribution < 1.29 is 14.6 Å². The summed E-state index contributed by atoms with van der Waals surface area (Å²) in [6.45, 7) is 3.10. The van der Waals surface area contributed by atoms with Crippen molar-refractivity contribution >= 4 is 11.4 Å². The predicted molar refractivity (Wildman–Crippen MR) is 158 cm³/mol. The molecule has 0 aromatic heterocycles. The molecule has 3 unspecified atom stereocenters. The van der Waals surface area contributed by atoms with Crippen molar-refractivity contribution in [3.8, 4) is 11.5 Å². The third kappa shape index (κ3) is 5.80. The molecule has 214 valence electrons. The maximum Gasteiger partial charge on any atom is 0.253 e. The van der Waals surface area contributed by atoms with Crippen LogP contribution in [0.2, 0.25) is 0 Å². The minimum absolute atomic E-state index is 0.00147. The summed E-state index contributed by atoms with van der Waals surface area (Å²) < 4.78 is 11.6. The minimum atomic E-state index is -1.19. The van der Waals surface area contributed by atoms with E-state index in [0.717, 1.165) is 50.6 Å². The average molecular weight is 548 g/mol. The van der Waals surface area contributed by atoms with Crippen molar-refractivity contribution in [2.75, 3.05) is 49.7 Å². The summed E-state index contributed by atoms with van der Waals surface area (Å²) in [5.41, 5.74) is 5.92. The van der Waals surface area contributed by atoms with Crippen molar-refractivity contribution in [2.24, 2.45) is 11.7 Å². The fourth-order valence-corrected chi connectivity index (χ4v) is 6.47. The Bertz CT molecular complexity index is 1340. The molecule has 0 amide bonds. The van der Waals surface area contributed by atoms with Crippen LogP contribution in [0.3, 0.4) is 0 Å². The number of nitrogens with zero attached hydrogens (tertiary/aromatic N) is 2. The van der Waals surface area contributed by atoms with Gasteiger partial charge in [-0.25, -0.2) is 0 Å². The van der Waals surface area contributed by atoms with Crippen LogP contribution in [0, 0.1) is 5.92 Å². The Labute approximate surface area is 236 Å². The van der Waals surface area contributed by atoms with Gasteiger partial charge in [0.1, 0.15) is 22.9 Å². The lowest BCUT2D eigenvalue weighted by Gasteiger charge is -2.45. The highest BCUT2D eigenvalue weighted by Crippen LogP contribution is 2.45. The Morgan fingerprint density at radius 2 is 1.55 bits per heavy atom. The van der Waals surface area contributed by atoms with E-state index < -0.39 is 16.5 Å². The van der Waals surface area contributed by atoms with Crippen molar-refractivity contribution in [2.45, 2.75) is 56.6 Å². The lowest BCUT2D eigenvalue weighted by Crippen LogP contribution is -2.54. The number of rotatable bonds is 11. The fraction of sp³-hybridized carbons (Fsp3) is 0.500. The van der Waals surface area contributed by atoms with Gasteiger partial charge in [-0.3, -0.25) is 9.59 Å². The van der Waals surface area contributed by atoms with E-state index in [1.165, 1.54) is 0 Å². The van der Waals surface area contributed by atoms with Gasteiger partial charge in [0.05, 0.1) is 5.60 Å². The highest BCUT2D eigenvalue weighted by molar-refractivity contribution is 5.76. The maximum atomic E-state index is 12.9. The summed E-state index contributed by atoms with van der Waals surface area (Å²) in [7, 11) is 1.69. The van der Waals surface area contributed by atoms with Gasteiger partial charge in [0, 0.05) is 57.4 Å². The van der Waals surface area contributed by atoms with E-state index in [4.69, 9.17) is 15.2 Å². The lowest BCUT2D eigenvalue weighted by molar-refractivity contribution is -0.0413. The van der Waals surface area contributed by atoms with Crippen LogP contribution < -0.4 is 31.1 Å². The first kappa shape index (κ1) is 28.3. The first-order valence-electron chi connectivity index (χ1n) is 14.5. The molecule has 3 N–H and O–H groups in total. The Morgan fingerprint density at radius 1 is 0.900 bits per heavy atom. The van der Waals surface area contributed by atoms with Crippen molar-refractivity contribution in [3.63, 3.8) is 0 Å². The van der Waals surface area contributed by atoms with Gasteiger partial charge in [0.2, 0.25) is 0 Å². The summed E-state index contributed by atoms with van der Waals surface area (Å²) in [5, 5.41) is 12.6. The second kappa shape index (κ2) is 12.5. The van der Waals surface area contributed by atoms with E-state index in [2.05, 4.69) is 0 Å². The number of hydrogen-bond acceptors (Lipinski definition) is 8. The topological polar surface area (TPSA) is 105 Å². The smallest absolute Gasteiger partial charge is 0.253 e. The number of anilines is 2. The molecule has 8 heteroatoms. The molecule has 2 fully saturated rings. The summed E-state index contributed by atoms with van der Waals surface area (Å²) >= 11 is 0. The van der Waals surface area contributed by atoms with Crippen LogP contribution in [0.5, 0.6) is 11.5 Å². The molecule has 2 heterocycles. The molecule has 0 saturated carbocycles.